The largest absolute Gasteiger partial charge is 0.497 e. The molecule has 0 bridgehead atoms. The number of halogens is 1. The molecule has 7 heteroatoms. The molecule has 6 nitrogen and oxygen atoms in total. The Morgan fingerprint density at radius 1 is 1.21 bits per heavy atom. The van der Waals surface area contributed by atoms with Gasteiger partial charge in [-0.15, -0.1) is 24.0 Å². The molecule has 0 aromatic heterocycles. The number of ether oxygens (including phenoxy) is 1. The Morgan fingerprint density at radius 2 is 1.86 bits per heavy atom. The van der Waals surface area contributed by atoms with Crippen molar-refractivity contribution in [1.29, 1.82) is 0 Å². The molecule has 1 aromatic carbocycles. The van der Waals surface area contributed by atoms with Gasteiger partial charge >= 0.3 is 0 Å². The Kier molecular flexibility index (Phi) is 10.9. The van der Waals surface area contributed by atoms with E-state index in [0.29, 0.717) is 6.54 Å². The van der Waals surface area contributed by atoms with Crippen LogP contribution >= 0.6 is 24.0 Å². The van der Waals surface area contributed by atoms with Gasteiger partial charge in [0.2, 0.25) is 5.91 Å². The molecular formula is C21H37IN4O2. The second-order valence-electron chi connectivity index (χ2n) is 8.44. The molecule has 0 unspecified atom stereocenters. The third-order valence-corrected chi connectivity index (χ3v) is 4.07. The molecule has 0 radical (unpaired) electrons. The number of aliphatic imine (C=N–C) groups is 1. The summed E-state index contributed by atoms with van der Waals surface area (Å²) in [5.41, 5.74) is 0.750. The van der Waals surface area contributed by atoms with Crippen LogP contribution in [0.5, 0.6) is 5.75 Å². The molecule has 2 N–H and O–H groups in total. The average Bonchev–Trinajstić information content (AvgIpc) is 2.56. The highest BCUT2D eigenvalue weighted by atomic mass is 127. The molecule has 0 heterocycles. The van der Waals surface area contributed by atoms with Crippen LogP contribution in [0.1, 0.15) is 47.1 Å². The van der Waals surface area contributed by atoms with Gasteiger partial charge in [0.25, 0.3) is 0 Å². The predicted octanol–water partition coefficient (Wildman–Crippen LogP) is 3.40. The van der Waals surface area contributed by atoms with Gasteiger partial charge in [0.05, 0.1) is 20.2 Å². The first-order valence-electron chi connectivity index (χ1n) is 9.43. The summed E-state index contributed by atoms with van der Waals surface area (Å²) in [6.45, 7) is 13.8. The van der Waals surface area contributed by atoms with Crippen LogP contribution in [-0.2, 0) is 10.2 Å². The van der Waals surface area contributed by atoms with E-state index in [9.17, 15) is 4.79 Å². The Morgan fingerprint density at radius 3 is 2.39 bits per heavy atom. The first kappa shape index (κ1) is 26.5. The third-order valence-electron chi connectivity index (χ3n) is 4.07. The number of hydrogen-bond acceptors (Lipinski definition) is 3. The maximum absolute atomic E-state index is 12.2. The van der Waals surface area contributed by atoms with E-state index in [-0.39, 0.29) is 47.4 Å². The number of methoxy groups -OCH3 is 1. The number of amides is 1. The van der Waals surface area contributed by atoms with Crippen LogP contribution in [0.15, 0.2) is 29.3 Å². The zero-order chi connectivity index (χ0) is 20.7. The van der Waals surface area contributed by atoms with E-state index < -0.39 is 0 Å². The molecule has 0 saturated heterocycles. The Labute approximate surface area is 187 Å². The zero-order valence-corrected chi connectivity index (χ0v) is 20.9. The Bertz CT molecular complexity index is 654. The first-order valence-corrected chi connectivity index (χ1v) is 9.43. The lowest BCUT2D eigenvalue weighted by atomic mass is 9.84. The molecule has 0 aliphatic heterocycles. The maximum atomic E-state index is 12.2. The molecular weight excluding hydrogens is 467 g/mol. The van der Waals surface area contributed by atoms with Gasteiger partial charge < -0.3 is 20.3 Å². The summed E-state index contributed by atoms with van der Waals surface area (Å²) in [6, 6.07) is 8.07. The highest BCUT2D eigenvalue weighted by molar-refractivity contribution is 14.0. The monoisotopic (exact) mass is 504 g/mol. The third kappa shape index (κ3) is 9.12. The second kappa shape index (κ2) is 11.5. The molecule has 160 valence electrons. The van der Waals surface area contributed by atoms with E-state index in [1.54, 1.807) is 7.11 Å². The minimum absolute atomic E-state index is 0. The summed E-state index contributed by atoms with van der Waals surface area (Å²) < 4.78 is 5.34. The van der Waals surface area contributed by atoms with E-state index in [4.69, 9.17) is 9.73 Å². The summed E-state index contributed by atoms with van der Waals surface area (Å²) in [6.07, 6.45) is 0. The molecule has 0 atom stereocenters. The number of carbonyl (C=O) groups excluding carboxylic acids is 1. The van der Waals surface area contributed by atoms with E-state index in [2.05, 4.69) is 30.5 Å². The Balaban J connectivity index is 0.00000729. The van der Waals surface area contributed by atoms with Crippen molar-refractivity contribution >= 4 is 35.8 Å². The maximum Gasteiger partial charge on any atom is 0.240 e. The fraction of sp³-hybridized carbons (Fsp3) is 0.619. The van der Waals surface area contributed by atoms with Gasteiger partial charge in [-0.3, -0.25) is 9.79 Å². The van der Waals surface area contributed by atoms with Gasteiger partial charge in [-0.25, -0.2) is 0 Å². The fourth-order valence-electron chi connectivity index (χ4n) is 2.63. The van der Waals surface area contributed by atoms with Gasteiger partial charge in [0.1, 0.15) is 5.75 Å². The first-order chi connectivity index (χ1) is 12.5. The van der Waals surface area contributed by atoms with Crippen LogP contribution in [0.25, 0.3) is 0 Å². The normalized spacial score (nSPS) is 12.1. The number of nitrogens with one attached hydrogen (secondary N) is 2. The van der Waals surface area contributed by atoms with Crippen molar-refractivity contribution < 1.29 is 9.53 Å². The number of hydrogen-bond donors (Lipinski definition) is 2. The van der Waals surface area contributed by atoms with Crippen molar-refractivity contribution in [3.63, 3.8) is 0 Å². The number of rotatable bonds is 7. The van der Waals surface area contributed by atoms with Crippen LogP contribution in [0, 0.1) is 0 Å². The topological polar surface area (TPSA) is 66.0 Å². The predicted molar refractivity (Wildman–Crippen MR) is 128 cm³/mol. The summed E-state index contributed by atoms with van der Waals surface area (Å²) in [5, 5.41) is 6.25. The fourth-order valence-corrected chi connectivity index (χ4v) is 2.63. The highest BCUT2D eigenvalue weighted by Gasteiger charge is 2.22. The summed E-state index contributed by atoms with van der Waals surface area (Å²) in [7, 11) is 3.55. The highest BCUT2D eigenvalue weighted by Crippen LogP contribution is 2.26. The number of benzene rings is 1. The van der Waals surface area contributed by atoms with Crippen LogP contribution in [0.2, 0.25) is 0 Å². The van der Waals surface area contributed by atoms with Crippen molar-refractivity contribution in [3.8, 4) is 5.75 Å². The molecule has 28 heavy (non-hydrogen) atoms. The lowest BCUT2D eigenvalue weighted by Gasteiger charge is -2.27. The molecule has 1 amide bonds. The minimum Gasteiger partial charge on any atom is -0.497 e. The number of guanidine groups is 1. The molecule has 0 spiro atoms. The molecule has 0 aliphatic carbocycles. The van der Waals surface area contributed by atoms with Crippen LogP contribution in [0.4, 0.5) is 0 Å². The van der Waals surface area contributed by atoms with Crippen LogP contribution < -0.4 is 15.4 Å². The van der Waals surface area contributed by atoms with Crippen molar-refractivity contribution in [3.05, 3.63) is 29.8 Å². The molecule has 0 aliphatic rings. The van der Waals surface area contributed by atoms with E-state index in [1.165, 1.54) is 0 Å². The van der Waals surface area contributed by atoms with Gasteiger partial charge in [0.15, 0.2) is 5.96 Å². The number of nitrogens with zero attached hydrogens (tertiary/aromatic N) is 2. The summed E-state index contributed by atoms with van der Waals surface area (Å²) >= 11 is 0. The summed E-state index contributed by atoms with van der Waals surface area (Å²) in [5.74, 6) is 1.53. The molecule has 1 aromatic rings. The van der Waals surface area contributed by atoms with Gasteiger partial charge in [0, 0.05) is 24.5 Å². The van der Waals surface area contributed by atoms with E-state index >= 15 is 0 Å². The van der Waals surface area contributed by atoms with Gasteiger partial charge in [-0.2, -0.15) is 0 Å². The molecule has 1 rings (SSSR count). The zero-order valence-electron chi connectivity index (χ0n) is 18.5. The number of likely N-dealkylation sites (N-methyl/N-ethyl adjacent to an activating group) is 1. The molecule has 0 saturated carbocycles. The van der Waals surface area contributed by atoms with Crippen molar-refractivity contribution in [2.45, 2.75) is 52.5 Å². The van der Waals surface area contributed by atoms with Crippen LogP contribution in [0.3, 0.4) is 0 Å². The van der Waals surface area contributed by atoms with E-state index in [1.807, 2.05) is 57.8 Å². The van der Waals surface area contributed by atoms with Crippen molar-refractivity contribution in [1.82, 2.24) is 15.5 Å². The standard InChI is InChI=1S/C21H36N4O2.HI/c1-9-22-19(25(7)14-18(26)24-20(2,3)4)23-15-21(5,6)16-11-10-12-17(13-16)27-8;/h10-13H,9,14-15H2,1-8H3,(H,22,23)(H,24,26);1H. The van der Waals surface area contributed by atoms with Gasteiger partial charge in [-0.1, -0.05) is 26.0 Å². The van der Waals surface area contributed by atoms with E-state index in [0.717, 1.165) is 23.8 Å². The van der Waals surface area contributed by atoms with Gasteiger partial charge in [-0.05, 0) is 45.4 Å². The lowest BCUT2D eigenvalue weighted by Crippen LogP contribution is -2.49. The molecule has 0 fully saturated rings. The van der Waals surface area contributed by atoms with Crippen molar-refractivity contribution in [2.24, 2.45) is 4.99 Å². The van der Waals surface area contributed by atoms with Crippen LogP contribution in [-0.4, -0.2) is 56.1 Å². The average molecular weight is 504 g/mol. The minimum atomic E-state index is -0.248. The van der Waals surface area contributed by atoms with Crippen molar-refractivity contribution in [2.75, 3.05) is 33.8 Å². The SMILES string of the molecule is CCNC(=NCC(C)(C)c1cccc(OC)c1)N(C)CC(=O)NC(C)(C)C.I. The smallest absolute Gasteiger partial charge is 0.240 e. The quantitative estimate of drug-likeness (QED) is 0.340. The Hall–Kier alpha value is -1.51. The second-order valence-corrected chi connectivity index (χ2v) is 8.44. The lowest BCUT2D eigenvalue weighted by molar-refractivity contribution is -0.122. The number of carbonyl (C=O) groups is 1. The summed E-state index contributed by atoms with van der Waals surface area (Å²) in [4.78, 5) is 18.9.